The molecule has 0 saturated heterocycles. The lowest BCUT2D eigenvalue weighted by Gasteiger charge is -2.04. The number of hydrogen-bond acceptors (Lipinski definition) is 2. The monoisotopic (exact) mass is 203 g/mol. The molecule has 2 nitrogen and oxygen atoms in total. The van der Waals surface area contributed by atoms with Crippen molar-refractivity contribution in [2.24, 2.45) is 0 Å². The normalized spacial score (nSPS) is 11.8. The molecule has 0 bridgehead atoms. The predicted octanol–water partition coefficient (Wildman–Crippen LogP) is 2.56. The van der Waals surface area contributed by atoms with Crippen molar-refractivity contribution < 1.29 is 4.74 Å². The maximum atomic E-state index is 8.43. The maximum absolute atomic E-state index is 8.43. The Morgan fingerprint density at radius 2 is 2.20 bits per heavy atom. The van der Waals surface area contributed by atoms with Crippen molar-refractivity contribution in [3.8, 4) is 6.07 Å². The Kier molecular flexibility index (Phi) is 5.05. The number of nitrogens with zero attached hydrogens (tertiary/aromatic N) is 1. The van der Waals surface area contributed by atoms with Gasteiger partial charge in [0.25, 0.3) is 0 Å². The van der Waals surface area contributed by atoms with Crippen molar-refractivity contribution in [3.63, 3.8) is 0 Å². The van der Waals surface area contributed by atoms with Gasteiger partial charge in [0.05, 0.1) is 6.61 Å². The van der Waals surface area contributed by atoms with Crippen LogP contribution in [0.2, 0.25) is 0 Å². The second kappa shape index (κ2) is 5.31. The number of hydrogen-bond donors (Lipinski definition) is 0. The fraction of sp³-hybridized carbons (Fsp3) is 0.571. The highest BCUT2D eigenvalue weighted by Gasteiger charge is 1.99. The quantitative estimate of drug-likeness (QED) is 0.522. The van der Waals surface area contributed by atoms with Gasteiger partial charge in [0.2, 0.25) is 0 Å². The first kappa shape index (κ1) is 9.51. The van der Waals surface area contributed by atoms with Crippen LogP contribution in [0.5, 0.6) is 0 Å². The molecule has 0 aromatic carbocycles. The lowest BCUT2D eigenvalue weighted by atomic mass is 10.4. The van der Waals surface area contributed by atoms with E-state index in [2.05, 4.69) is 15.9 Å². The molecule has 10 heavy (non-hydrogen) atoms. The maximum Gasteiger partial charge on any atom is 0.132 e. The van der Waals surface area contributed by atoms with Gasteiger partial charge in [-0.2, -0.15) is 5.26 Å². The standard InChI is InChI=1S/C7H10BrNO/c1-3-7(10-4-2)6(8)5-9/h3-4H2,1-2H3. The molecule has 0 rings (SSSR count). The van der Waals surface area contributed by atoms with Gasteiger partial charge in [0, 0.05) is 6.42 Å². The summed E-state index contributed by atoms with van der Waals surface area (Å²) in [7, 11) is 0. The van der Waals surface area contributed by atoms with E-state index in [1.165, 1.54) is 0 Å². The first-order valence-corrected chi connectivity index (χ1v) is 3.97. The van der Waals surface area contributed by atoms with E-state index in [0.717, 1.165) is 12.2 Å². The fourth-order valence-corrected chi connectivity index (χ4v) is 0.952. The van der Waals surface area contributed by atoms with E-state index in [1.807, 2.05) is 19.9 Å². The molecule has 0 aliphatic rings. The Labute approximate surface area is 69.6 Å². The largest absolute Gasteiger partial charge is 0.496 e. The van der Waals surface area contributed by atoms with Crippen molar-refractivity contribution in [1.29, 1.82) is 5.26 Å². The summed E-state index contributed by atoms with van der Waals surface area (Å²) in [6, 6.07) is 1.97. The van der Waals surface area contributed by atoms with Crippen molar-refractivity contribution in [1.82, 2.24) is 0 Å². The zero-order valence-corrected chi connectivity index (χ0v) is 7.73. The molecule has 3 heteroatoms. The van der Waals surface area contributed by atoms with Gasteiger partial charge in [0.1, 0.15) is 16.3 Å². The topological polar surface area (TPSA) is 33.0 Å². The molecule has 0 aliphatic heterocycles. The number of allylic oxidation sites excluding steroid dienone is 2. The van der Waals surface area contributed by atoms with Crippen LogP contribution < -0.4 is 0 Å². The second-order valence-electron chi connectivity index (χ2n) is 1.64. The number of nitriles is 1. The third-order valence-corrected chi connectivity index (χ3v) is 1.60. The Balaban J connectivity index is 4.18. The van der Waals surface area contributed by atoms with E-state index in [4.69, 9.17) is 10.00 Å². The molecular weight excluding hydrogens is 194 g/mol. The minimum atomic E-state index is 0.497. The van der Waals surface area contributed by atoms with Crippen molar-refractivity contribution >= 4 is 15.9 Å². The Morgan fingerprint density at radius 3 is 2.50 bits per heavy atom. The zero-order chi connectivity index (χ0) is 7.98. The average Bonchev–Trinajstić information content (AvgIpc) is 1.99. The van der Waals surface area contributed by atoms with Crippen LogP contribution in [-0.2, 0) is 4.74 Å². The molecule has 0 amide bonds. The molecule has 0 unspecified atom stereocenters. The van der Waals surface area contributed by atoms with Crippen LogP contribution in [0.15, 0.2) is 10.2 Å². The third-order valence-electron chi connectivity index (χ3n) is 0.983. The predicted molar refractivity (Wildman–Crippen MR) is 43.5 cm³/mol. The molecule has 0 aliphatic carbocycles. The summed E-state index contributed by atoms with van der Waals surface area (Å²) in [6.45, 7) is 4.46. The fourth-order valence-electron chi connectivity index (χ4n) is 0.557. The number of halogens is 1. The zero-order valence-electron chi connectivity index (χ0n) is 6.15. The Bertz CT molecular complexity index is 169. The Hall–Kier alpha value is -0.490. The average molecular weight is 204 g/mol. The highest BCUT2D eigenvalue weighted by Crippen LogP contribution is 2.14. The minimum absolute atomic E-state index is 0.497. The summed E-state index contributed by atoms with van der Waals surface area (Å²) in [6.07, 6.45) is 0.752. The molecule has 0 saturated carbocycles. The van der Waals surface area contributed by atoms with Gasteiger partial charge in [-0.3, -0.25) is 0 Å². The molecule has 0 fully saturated rings. The number of rotatable bonds is 3. The summed E-state index contributed by atoms with van der Waals surface area (Å²) < 4.78 is 5.65. The highest BCUT2D eigenvalue weighted by atomic mass is 79.9. The van der Waals surface area contributed by atoms with Crippen molar-refractivity contribution in [2.75, 3.05) is 6.61 Å². The van der Waals surface area contributed by atoms with Crippen LogP contribution in [0.25, 0.3) is 0 Å². The van der Waals surface area contributed by atoms with Gasteiger partial charge in [-0.1, -0.05) is 6.92 Å². The second-order valence-corrected chi connectivity index (χ2v) is 2.43. The lowest BCUT2D eigenvalue weighted by molar-refractivity contribution is 0.221. The third kappa shape index (κ3) is 2.88. The number of ether oxygens (including phenoxy) is 1. The van der Waals surface area contributed by atoms with Gasteiger partial charge in [0.15, 0.2) is 0 Å². The van der Waals surface area contributed by atoms with Gasteiger partial charge >= 0.3 is 0 Å². The van der Waals surface area contributed by atoms with E-state index < -0.39 is 0 Å². The molecule has 0 N–H and O–H groups in total. The van der Waals surface area contributed by atoms with Crippen LogP contribution in [0, 0.1) is 11.3 Å². The lowest BCUT2D eigenvalue weighted by Crippen LogP contribution is -1.91. The SMILES string of the molecule is CCOC(CC)=C(Br)C#N. The van der Waals surface area contributed by atoms with E-state index in [0.29, 0.717) is 11.1 Å². The van der Waals surface area contributed by atoms with E-state index in [-0.39, 0.29) is 0 Å². The molecule has 0 aromatic rings. The van der Waals surface area contributed by atoms with Crippen LogP contribution in [-0.4, -0.2) is 6.61 Å². The summed E-state index contributed by atoms with van der Waals surface area (Å²) >= 11 is 3.10. The summed E-state index contributed by atoms with van der Waals surface area (Å²) in [5.74, 6) is 0.727. The molecule has 0 aromatic heterocycles. The first-order valence-electron chi connectivity index (χ1n) is 3.17. The molecule has 0 spiro atoms. The highest BCUT2D eigenvalue weighted by molar-refractivity contribution is 9.12. The van der Waals surface area contributed by atoms with Crippen LogP contribution in [0.1, 0.15) is 20.3 Å². The summed E-state index contributed by atoms with van der Waals surface area (Å²) in [5, 5.41) is 8.43. The van der Waals surface area contributed by atoms with Crippen LogP contribution in [0.4, 0.5) is 0 Å². The summed E-state index contributed by atoms with van der Waals surface area (Å²) in [4.78, 5) is 0. The van der Waals surface area contributed by atoms with E-state index in [9.17, 15) is 0 Å². The molecular formula is C7H10BrNO. The summed E-state index contributed by atoms with van der Waals surface area (Å²) in [5.41, 5.74) is 0. The van der Waals surface area contributed by atoms with Crippen LogP contribution >= 0.6 is 15.9 Å². The van der Waals surface area contributed by atoms with Gasteiger partial charge < -0.3 is 4.74 Å². The van der Waals surface area contributed by atoms with E-state index >= 15 is 0 Å². The molecule has 0 heterocycles. The minimum Gasteiger partial charge on any atom is -0.496 e. The van der Waals surface area contributed by atoms with Gasteiger partial charge in [-0.05, 0) is 22.9 Å². The Morgan fingerprint density at radius 1 is 1.60 bits per heavy atom. The van der Waals surface area contributed by atoms with Gasteiger partial charge in [-0.25, -0.2) is 0 Å². The van der Waals surface area contributed by atoms with Crippen molar-refractivity contribution in [3.05, 3.63) is 10.2 Å². The van der Waals surface area contributed by atoms with E-state index in [1.54, 1.807) is 0 Å². The molecule has 0 radical (unpaired) electrons. The first-order chi connectivity index (χ1) is 4.76. The molecule has 56 valence electrons. The van der Waals surface area contributed by atoms with Gasteiger partial charge in [-0.15, -0.1) is 0 Å². The van der Waals surface area contributed by atoms with Crippen molar-refractivity contribution in [2.45, 2.75) is 20.3 Å². The molecule has 0 atom stereocenters. The van der Waals surface area contributed by atoms with Crippen LogP contribution in [0.3, 0.4) is 0 Å². The smallest absolute Gasteiger partial charge is 0.132 e.